The van der Waals surface area contributed by atoms with Gasteiger partial charge < -0.3 is 14.9 Å². The molecule has 0 aromatic heterocycles. The molecule has 0 saturated carbocycles. The van der Waals surface area contributed by atoms with Gasteiger partial charge in [0.2, 0.25) is 0 Å². The Bertz CT molecular complexity index is 775. The molecule has 0 aliphatic heterocycles. The van der Waals surface area contributed by atoms with Crippen molar-refractivity contribution in [2.45, 2.75) is 6.54 Å². The van der Waals surface area contributed by atoms with Crippen molar-refractivity contribution in [3.63, 3.8) is 0 Å². The maximum atomic E-state index is 5.90. The Labute approximate surface area is 142 Å². The van der Waals surface area contributed by atoms with Gasteiger partial charge in [-0.2, -0.15) is 0 Å². The molecule has 0 heterocycles. The summed E-state index contributed by atoms with van der Waals surface area (Å²) in [5.74, 6) is 0.883. The van der Waals surface area contributed by atoms with E-state index in [1.165, 1.54) is 10.8 Å². The van der Waals surface area contributed by atoms with Crippen molar-refractivity contribution in [2.75, 3.05) is 25.7 Å². The van der Waals surface area contributed by atoms with Crippen LogP contribution < -0.4 is 15.6 Å². The minimum atomic E-state index is 0.536. The van der Waals surface area contributed by atoms with Gasteiger partial charge in [0.25, 0.3) is 0 Å². The number of ether oxygens (including phenoxy) is 2. The first-order valence-electron chi connectivity index (χ1n) is 8.05. The fourth-order valence-electron chi connectivity index (χ4n) is 2.62. The van der Waals surface area contributed by atoms with Gasteiger partial charge in [0, 0.05) is 24.9 Å². The van der Waals surface area contributed by atoms with Crippen LogP contribution in [0.2, 0.25) is 0 Å². The molecule has 3 aromatic carbocycles. The van der Waals surface area contributed by atoms with Crippen LogP contribution in [-0.2, 0) is 11.3 Å². The van der Waals surface area contributed by atoms with Crippen LogP contribution in [0.15, 0.2) is 66.7 Å². The molecule has 0 saturated heterocycles. The van der Waals surface area contributed by atoms with Gasteiger partial charge in [0.05, 0.1) is 6.61 Å². The van der Waals surface area contributed by atoms with E-state index in [-0.39, 0.29) is 0 Å². The van der Waals surface area contributed by atoms with Gasteiger partial charge in [-0.1, -0.05) is 48.5 Å². The molecule has 4 heteroatoms. The van der Waals surface area contributed by atoms with E-state index < -0.39 is 0 Å². The summed E-state index contributed by atoms with van der Waals surface area (Å²) in [6.07, 6.45) is 0. The Hall–Kier alpha value is -2.56. The number of rotatable bonds is 8. The lowest BCUT2D eigenvalue weighted by molar-refractivity contribution is 0.146. The quantitative estimate of drug-likeness (QED) is 0.486. The highest BCUT2D eigenvalue weighted by Crippen LogP contribution is 2.28. The van der Waals surface area contributed by atoms with Crippen molar-refractivity contribution in [3.05, 3.63) is 72.3 Å². The topological polar surface area (TPSA) is 42.5 Å². The zero-order valence-electron chi connectivity index (χ0n) is 13.8. The molecule has 0 aliphatic carbocycles. The van der Waals surface area contributed by atoms with Crippen molar-refractivity contribution in [1.82, 2.24) is 5.43 Å². The van der Waals surface area contributed by atoms with E-state index >= 15 is 0 Å². The van der Waals surface area contributed by atoms with Crippen LogP contribution in [0.5, 0.6) is 5.75 Å². The molecule has 0 unspecified atom stereocenters. The molecule has 4 nitrogen and oxygen atoms in total. The second kappa shape index (κ2) is 8.34. The third-order valence-electron chi connectivity index (χ3n) is 3.81. The van der Waals surface area contributed by atoms with E-state index in [4.69, 9.17) is 9.47 Å². The van der Waals surface area contributed by atoms with Gasteiger partial charge >= 0.3 is 0 Å². The zero-order valence-corrected chi connectivity index (χ0v) is 13.8. The Kier molecular flexibility index (Phi) is 5.66. The highest BCUT2D eigenvalue weighted by atomic mass is 16.5. The Morgan fingerprint density at radius 1 is 0.833 bits per heavy atom. The first-order valence-corrected chi connectivity index (χ1v) is 8.05. The maximum absolute atomic E-state index is 5.90. The van der Waals surface area contributed by atoms with Crippen molar-refractivity contribution in [3.8, 4) is 5.75 Å². The summed E-state index contributed by atoms with van der Waals surface area (Å²) < 4.78 is 11.0. The molecular weight excluding hydrogens is 300 g/mol. The molecule has 0 atom stereocenters. The Morgan fingerprint density at radius 3 is 2.46 bits per heavy atom. The summed E-state index contributed by atoms with van der Waals surface area (Å²) in [5.41, 5.74) is 8.66. The molecule has 124 valence electrons. The van der Waals surface area contributed by atoms with E-state index in [1.807, 2.05) is 42.5 Å². The molecule has 0 radical (unpaired) electrons. The highest BCUT2D eigenvalue weighted by Gasteiger charge is 2.08. The summed E-state index contributed by atoms with van der Waals surface area (Å²) in [7, 11) is 1.68. The predicted octanol–water partition coefficient (Wildman–Crippen LogP) is 3.98. The molecule has 2 N–H and O–H groups in total. The van der Waals surface area contributed by atoms with Gasteiger partial charge in [0.15, 0.2) is 0 Å². The van der Waals surface area contributed by atoms with E-state index in [0.717, 1.165) is 17.0 Å². The maximum Gasteiger partial charge on any atom is 0.124 e. The van der Waals surface area contributed by atoms with Crippen LogP contribution in [0, 0.1) is 0 Å². The Balaban J connectivity index is 1.78. The SMILES string of the molecule is COCCOc1ccc2ccccc2c1CNNc1ccccc1. The molecule has 0 amide bonds. The number of hydrazine groups is 1. The number of methoxy groups -OCH3 is 1. The summed E-state index contributed by atoms with van der Waals surface area (Å²) in [6, 6.07) is 22.5. The average molecular weight is 322 g/mol. The minimum absolute atomic E-state index is 0.536. The fraction of sp³-hybridized carbons (Fsp3) is 0.200. The lowest BCUT2D eigenvalue weighted by atomic mass is 10.0. The predicted molar refractivity (Wildman–Crippen MR) is 98.2 cm³/mol. The monoisotopic (exact) mass is 322 g/mol. The highest BCUT2D eigenvalue weighted by molar-refractivity contribution is 5.87. The van der Waals surface area contributed by atoms with E-state index in [0.29, 0.717) is 19.8 Å². The summed E-state index contributed by atoms with van der Waals surface area (Å²) in [4.78, 5) is 0. The van der Waals surface area contributed by atoms with Crippen molar-refractivity contribution in [2.24, 2.45) is 0 Å². The number of fused-ring (bicyclic) bond motifs is 1. The van der Waals surface area contributed by atoms with Crippen LogP contribution in [0.1, 0.15) is 5.56 Å². The smallest absolute Gasteiger partial charge is 0.124 e. The van der Waals surface area contributed by atoms with Crippen LogP contribution in [0.3, 0.4) is 0 Å². The van der Waals surface area contributed by atoms with Gasteiger partial charge in [-0.25, -0.2) is 5.43 Å². The molecule has 0 aliphatic rings. The van der Waals surface area contributed by atoms with Gasteiger partial charge in [-0.15, -0.1) is 0 Å². The number of hydrogen-bond acceptors (Lipinski definition) is 4. The fourth-order valence-corrected chi connectivity index (χ4v) is 2.62. The average Bonchev–Trinajstić information content (AvgIpc) is 2.64. The number of hydrogen-bond donors (Lipinski definition) is 2. The summed E-state index contributed by atoms with van der Waals surface area (Å²) in [6.45, 7) is 1.76. The molecule has 0 fully saturated rings. The standard InChI is InChI=1S/C20H22N2O2/c1-23-13-14-24-20-12-11-16-7-5-6-10-18(16)19(20)15-21-22-17-8-3-2-4-9-17/h2-12,21-22H,13-15H2,1H3. The van der Waals surface area contributed by atoms with Gasteiger partial charge in [-0.05, 0) is 29.0 Å². The van der Waals surface area contributed by atoms with Crippen LogP contribution in [0.4, 0.5) is 5.69 Å². The van der Waals surface area contributed by atoms with Crippen molar-refractivity contribution < 1.29 is 9.47 Å². The third kappa shape index (κ3) is 4.04. The van der Waals surface area contributed by atoms with Gasteiger partial charge in [0.1, 0.15) is 12.4 Å². The lowest BCUT2D eigenvalue weighted by Gasteiger charge is -2.16. The third-order valence-corrected chi connectivity index (χ3v) is 3.81. The second-order valence-electron chi connectivity index (χ2n) is 5.45. The van der Waals surface area contributed by atoms with E-state index in [1.54, 1.807) is 7.11 Å². The molecule has 3 rings (SSSR count). The number of anilines is 1. The number of benzene rings is 3. The minimum Gasteiger partial charge on any atom is -0.491 e. The number of para-hydroxylation sites is 1. The molecule has 24 heavy (non-hydrogen) atoms. The normalized spacial score (nSPS) is 10.7. The first-order chi connectivity index (χ1) is 11.9. The summed E-state index contributed by atoms with van der Waals surface area (Å²) >= 11 is 0. The van der Waals surface area contributed by atoms with Crippen molar-refractivity contribution >= 4 is 16.5 Å². The summed E-state index contributed by atoms with van der Waals surface area (Å²) in [5, 5.41) is 2.39. The molecule has 0 bridgehead atoms. The molecule has 3 aromatic rings. The van der Waals surface area contributed by atoms with E-state index in [9.17, 15) is 0 Å². The van der Waals surface area contributed by atoms with Crippen LogP contribution in [0.25, 0.3) is 10.8 Å². The molecular formula is C20H22N2O2. The van der Waals surface area contributed by atoms with Gasteiger partial charge in [-0.3, -0.25) is 0 Å². The molecule has 0 spiro atoms. The lowest BCUT2D eigenvalue weighted by Crippen LogP contribution is -2.21. The van der Waals surface area contributed by atoms with E-state index in [2.05, 4.69) is 35.1 Å². The number of nitrogens with one attached hydrogen (secondary N) is 2. The van der Waals surface area contributed by atoms with Crippen LogP contribution in [-0.4, -0.2) is 20.3 Å². The van der Waals surface area contributed by atoms with Crippen LogP contribution >= 0.6 is 0 Å². The second-order valence-corrected chi connectivity index (χ2v) is 5.45. The first kappa shape index (κ1) is 16.3. The Morgan fingerprint density at radius 2 is 1.62 bits per heavy atom. The zero-order chi connectivity index (χ0) is 16.6. The van der Waals surface area contributed by atoms with Crippen molar-refractivity contribution in [1.29, 1.82) is 0 Å². The largest absolute Gasteiger partial charge is 0.491 e.